The molecule has 0 bridgehead atoms. The highest BCUT2D eigenvalue weighted by Crippen LogP contribution is 1.96. The largest absolute Gasteiger partial charge is 0.480 e. The second-order valence-electron chi connectivity index (χ2n) is 4.00. The van der Waals surface area contributed by atoms with Crippen molar-refractivity contribution in [1.82, 2.24) is 10.6 Å². The van der Waals surface area contributed by atoms with Crippen molar-refractivity contribution in [2.75, 3.05) is 13.2 Å². The van der Waals surface area contributed by atoms with Crippen molar-refractivity contribution >= 4 is 12.0 Å². The number of hydrogen-bond donors (Lipinski definition) is 3. The summed E-state index contributed by atoms with van der Waals surface area (Å²) < 4.78 is 5.23. The molecule has 1 atom stereocenters. The second kappa shape index (κ2) is 8.81. The maximum atomic E-state index is 11.3. The molecule has 0 spiro atoms. The Bertz CT molecular complexity index is 244. The van der Waals surface area contributed by atoms with E-state index in [1.54, 1.807) is 0 Å². The molecule has 0 fully saturated rings. The molecule has 0 aliphatic rings. The molecule has 6 nitrogen and oxygen atoms in total. The highest BCUT2D eigenvalue weighted by Gasteiger charge is 2.18. The smallest absolute Gasteiger partial charge is 0.326 e. The van der Waals surface area contributed by atoms with Crippen molar-refractivity contribution in [2.24, 2.45) is 0 Å². The Balaban J connectivity index is 3.78. The number of urea groups is 1. The molecule has 0 aliphatic heterocycles. The van der Waals surface area contributed by atoms with E-state index in [1.807, 2.05) is 20.8 Å². The van der Waals surface area contributed by atoms with Crippen LogP contribution in [-0.2, 0) is 9.53 Å². The topological polar surface area (TPSA) is 87.7 Å². The Labute approximate surface area is 102 Å². The molecule has 0 saturated heterocycles. The molecular weight excluding hydrogens is 224 g/mol. The molecule has 0 aromatic heterocycles. The predicted octanol–water partition coefficient (Wildman–Crippen LogP) is 0.964. The number of amides is 2. The number of carbonyl (C=O) groups excluding carboxylic acids is 1. The van der Waals surface area contributed by atoms with E-state index >= 15 is 0 Å². The van der Waals surface area contributed by atoms with Gasteiger partial charge in [0.2, 0.25) is 0 Å². The van der Waals surface area contributed by atoms with Crippen LogP contribution in [0.5, 0.6) is 0 Å². The fourth-order valence-electron chi connectivity index (χ4n) is 1.21. The lowest BCUT2D eigenvalue weighted by atomic mass is 10.2. The minimum absolute atomic E-state index is 0.117. The number of carboxylic acids is 1. The molecular formula is C11H22N2O4. The summed E-state index contributed by atoms with van der Waals surface area (Å²) in [6.45, 7) is 6.45. The SMILES string of the molecule is CCCC(NC(=O)NCCOC(C)C)C(=O)O. The minimum atomic E-state index is -1.01. The monoisotopic (exact) mass is 246 g/mol. The molecule has 6 heteroatoms. The van der Waals surface area contributed by atoms with E-state index in [0.29, 0.717) is 26.0 Å². The number of carbonyl (C=O) groups is 2. The normalized spacial score (nSPS) is 12.2. The second-order valence-corrected chi connectivity index (χ2v) is 4.00. The van der Waals surface area contributed by atoms with Gasteiger partial charge in [-0.2, -0.15) is 0 Å². The third-order valence-electron chi connectivity index (χ3n) is 2.02. The summed E-state index contributed by atoms with van der Waals surface area (Å²) in [5.41, 5.74) is 0. The maximum absolute atomic E-state index is 11.3. The molecule has 3 N–H and O–H groups in total. The lowest BCUT2D eigenvalue weighted by Gasteiger charge is -2.14. The van der Waals surface area contributed by atoms with Crippen molar-refractivity contribution in [3.63, 3.8) is 0 Å². The van der Waals surface area contributed by atoms with Crippen molar-refractivity contribution in [3.8, 4) is 0 Å². The molecule has 0 aromatic carbocycles. The fourth-order valence-corrected chi connectivity index (χ4v) is 1.21. The molecule has 0 rings (SSSR count). The first kappa shape index (κ1) is 15.7. The van der Waals surface area contributed by atoms with E-state index in [4.69, 9.17) is 9.84 Å². The third-order valence-corrected chi connectivity index (χ3v) is 2.02. The first-order valence-corrected chi connectivity index (χ1v) is 5.86. The number of carboxylic acid groups (broad SMARTS) is 1. The number of rotatable bonds is 8. The van der Waals surface area contributed by atoms with Gasteiger partial charge < -0.3 is 20.5 Å². The lowest BCUT2D eigenvalue weighted by Crippen LogP contribution is -2.46. The Kier molecular flexibility index (Phi) is 8.13. The molecule has 100 valence electrons. The van der Waals surface area contributed by atoms with E-state index in [2.05, 4.69) is 10.6 Å². The average Bonchev–Trinajstić information content (AvgIpc) is 2.23. The van der Waals surface area contributed by atoms with Gasteiger partial charge in [-0.15, -0.1) is 0 Å². The van der Waals surface area contributed by atoms with Crippen LogP contribution in [0.2, 0.25) is 0 Å². The predicted molar refractivity (Wildman–Crippen MR) is 64.0 cm³/mol. The number of hydrogen-bond acceptors (Lipinski definition) is 3. The van der Waals surface area contributed by atoms with Gasteiger partial charge in [-0.25, -0.2) is 9.59 Å². The molecule has 2 amide bonds. The third kappa shape index (κ3) is 8.50. The van der Waals surface area contributed by atoms with Crippen molar-refractivity contribution in [3.05, 3.63) is 0 Å². The molecule has 0 aromatic rings. The summed E-state index contributed by atoms with van der Waals surface area (Å²) in [4.78, 5) is 22.1. The van der Waals surface area contributed by atoms with Crippen molar-refractivity contribution in [1.29, 1.82) is 0 Å². The van der Waals surface area contributed by atoms with E-state index in [9.17, 15) is 9.59 Å². The molecule has 1 unspecified atom stereocenters. The quantitative estimate of drug-likeness (QED) is 0.557. The van der Waals surface area contributed by atoms with Gasteiger partial charge in [0.25, 0.3) is 0 Å². The standard InChI is InChI=1S/C11H22N2O4/c1-4-5-9(10(14)15)13-11(16)12-6-7-17-8(2)3/h8-9H,4-7H2,1-3H3,(H,14,15)(H2,12,13,16). The molecule has 0 aliphatic carbocycles. The van der Waals surface area contributed by atoms with Gasteiger partial charge in [0, 0.05) is 6.54 Å². The summed E-state index contributed by atoms with van der Waals surface area (Å²) >= 11 is 0. The summed E-state index contributed by atoms with van der Waals surface area (Å²) in [6.07, 6.45) is 1.24. The summed E-state index contributed by atoms with van der Waals surface area (Å²) in [6, 6.07) is -1.30. The Hall–Kier alpha value is -1.30. The summed E-state index contributed by atoms with van der Waals surface area (Å²) in [5.74, 6) is -1.01. The van der Waals surface area contributed by atoms with Crippen LogP contribution in [0.3, 0.4) is 0 Å². The van der Waals surface area contributed by atoms with E-state index in [-0.39, 0.29) is 6.10 Å². The molecule has 0 heterocycles. The van der Waals surface area contributed by atoms with Gasteiger partial charge in [0.05, 0.1) is 12.7 Å². The van der Waals surface area contributed by atoms with Crippen LogP contribution in [0.4, 0.5) is 4.79 Å². The first-order valence-electron chi connectivity index (χ1n) is 5.86. The van der Waals surface area contributed by atoms with E-state index < -0.39 is 18.0 Å². The lowest BCUT2D eigenvalue weighted by molar-refractivity contribution is -0.139. The maximum Gasteiger partial charge on any atom is 0.326 e. The Morgan fingerprint density at radius 2 is 2.00 bits per heavy atom. The van der Waals surface area contributed by atoms with E-state index in [1.165, 1.54) is 0 Å². The van der Waals surface area contributed by atoms with Crippen LogP contribution in [-0.4, -0.2) is 42.4 Å². The van der Waals surface area contributed by atoms with Crippen molar-refractivity contribution < 1.29 is 19.4 Å². The van der Waals surface area contributed by atoms with Gasteiger partial charge in [-0.05, 0) is 20.3 Å². The minimum Gasteiger partial charge on any atom is -0.480 e. The van der Waals surface area contributed by atoms with Crippen LogP contribution in [0.1, 0.15) is 33.6 Å². The van der Waals surface area contributed by atoms with Crippen LogP contribution in [0, 0.1) is 0 Å². The number of ether oxygens (including phenoxy) is 1. The highest BCUT2D eigenvalue weighted by atomic mass is 16.5. The molecule has 0 saturated carbocycles. The van der Waals surface area contributed by atoms with Crippen LogP contribution >= 0.6 is 0 Å². The Morgan fingerprint density at radius 1 is 1.35 bits per heavy atom. The average molecular weight is 246 g/mol. The molecule has 17 heavy (non-hydrogen) atoms. The first-order chi connectivity index (χ1) is 7.97. The van der Waals surface area contributed by atoms with Crippen LogP contribution in [0.15, 0.2) is 0 Å². The van der Waals surface area contributed by atoms with Gasteiger partial charge in [-0.1, -0.05) is 13.3 Å². The highest BCUT2D eigenvalue weighted by molar-refractivity contribution is 5.82. The fraction of sp³-hybridized carbons (Fsp3) is 0.818. The Morgan fingerprint density at radius 3 is 2.47 bits per heavy atom. The summed E-state index contributed by atoms with van der Waals surface area (Å²) in [5, 5.41) is 13.8. The van der Waals surface area contributed by atoms with Gasteiger partial charge in [-0.3, -0.25) is 0 Å². The zero-order valence-corrected chi connectivity index (χ0v) is 10.7. The van der Waals surface area contributed by atoms with Crippen LogP contribution in [0.25, 0.3) is 0 Å². The van der Waals surface area contributed by atoms with Crippen molar-refractivity contribution in [2.45, 2.75) is 45.8 Å². The number of aliphatic carboxylic acids is 1. The van der Waals surface area contributed by atoms with E-state index in [0.717, 1.165) is 0 Å². The van der Waals surface area contributed by atoms with Crippen LogP contribution < -0.4 is 10.6 Å². The number of nitrogens with one attached hydrogen (secondary N) is 2. The zero-order chi connectivity index (χ0) is 13.3. The van der Waals surface area contributed by atoms with Gasteiger partial charge in [0.15, 0.2) is 0 Å². The summed E-state index contributed by atoms with van der Waals surface area (Å²) in [7, 11) is 0. The van der Waals surface area contributed by atoms with Gasteiger partial charge in [0.1, 0.15) is 6.04 Å². The molecule has 0 radical (unpaired) electrons. The van der Waals surface area contributed by atoms with Gasteiger partial charge >= 0.3 is 12.0 Å². The zero-order valence-electron chi connectivity index (χ0n) is 10.7.